The predicted octanol–water partition coefficient (Wildman–Crippen LogP) is 18.0. The highest BCUT2D eigenvalue weighted by molar-refractivity contribution is 6.11. The van der Waals surface area contributed by atoms with Gasteiger partial charge in [0.05, 0.1) is 16.7 Å². The van der Waals surface area contributed by atoms with E-state index in [0.717, 1.165) is 66.9 Å². The molecular formula is C64H42N2O. The normalized spacial score (nSPS) is 11.6. The molecule has 2 aromatic heterocycles. The first-order chi connectivity index (χ1) is 33.2. The summed E-state index contributed by atoms with van der Waals surface area (Å²) in [6.45, 7) is 0. The Kier molecular flexibility index (Phi) is 9.17. The Bertz CT molecular complexity index is 3930. The van der Waals surface area contributed by atoms with E-state index in [4.69, 9.17) is 4.42 Å². The number of furan rings is 1. The van der Waals surface area contributed by atoms with E-state index in [-0.39, 0.29) is 0 Å². The zero-order valence-electron chi connectivity index (χ0n) is 36.6. The van der Waals surface area contributed by atoms with E-state index in [9.17, 15) is 0 Å². The zero-order chi connectivity index (χ0) is 44.3. The van der Waals surface area contributed by atoms with Crippen LogP contribution in [0.2, 0.25) is 0 Å². The Hall–Kier alpha value is -8.92. The summed E-state index contributed by atoms with van der Waals surface area (Å²) in [6.07, 6.45) is 0. The van der Waals surface area contributed by atoms with Crippen molar-refractivity contribution in [2.75, 3.05) is 4.90 Å². The number of rotatable bonds is 8. The Morgan fingerprint density at radius 3 is 1.55 bits per heavy atom. The minimum absolute atomic E-state index is 0.899. The van der Waals surface area contributed by atoms with Crippen LogP contribution >= 0.6 is 0 Å². The second-order valence-electron chi connectivity index (χ2n) is 17.2. The summed E-state index contributed by atoms with van der Waals surface area (Å²) in [7, 11) is 0. The lowest BCUT2D eigenvalue weighted by molar-refractivity contribution is 0.670. The van der Waals surface area contributed by atoms with E-state index in [1.54, 1.807) is 0 Å². The Morgan fingerprint density at radius 2 is 0.806 bits per heavy atom. The fourth-order valence-electron chi connectivity index (χ4n) is 10.3. The van der Waals surface area contributed by atoms with Crippen molar-refractivity contribution in [2.24, 2.45) is 0 Å². The van der Waals surface area contributed by atoms with E-state index in [1.807, 2.05) is 12.1 Å². The Morgan fingerprint density at radius 1 is 0.299 bits per heavy atom. The molecule has 13 rings (SSSR count). The number of hydrogen-bond donors (Lipinski definition) is 0. The Labute approximate surface area is 388 Å². The van der Waals surface area contributed by atoms with Crippen LogP contribution in [0.1, 0.15) is 0 Å². The molecule has 3 nitrogen and oxygen atoms in total. The van der Waals surface area contributed by atoms with E-state index in [1.165, 1.54) is 54.8 Å². The molecule has 0 atom stereocenters. The smallest absolute Gasteiger partial charge is 0.143 e. The first-order valence-corrected chi connectivity index (χ1v) is 22.9. The van der Waals surface area contributed by atoms with Gasteiger partial charge in [-0.1, -0.05) is 194 Å². The summed E-state index contributed by atoms with van der Waals surface area (Å²) in [6, 6.07) is 91.9. The highest BCUT2D eigenvalue weighted by Gasteiger charge is 2.20. The van der Waals surface area contributed by atoms with Crippen molar-refractivity contribution < 1.29 is 4.42 Å². The van der Waals surface area contributed by atoms with Crippen molar-refractivity contribution in [3.8, 4) is 50.2 Å². The van der Waals surface area contributed by atoms with Crippen LogP contribution < -0.4 is 4.90 Å². The van der Waals surface area contributed by atoms with Gasteiger partial charge in [0.25, 0.3) is 0 Å². The summed E-state index contributed by atoms with van der Waals surface area (Å²) in [5.74, 6) is 0. The van der Waals surface area contributed by atoms with Crippen molar-refractivity contribution in [1.29, 1.82) is 0 Å². The monoisotopic (exact) mass is 854 g/mol. The molecule has 0 aliphatic carbocycles. The summed E-state index contributed by atoms with van der Waals surface area (Å²) < 4.78 is 8.91. The maximum absolute atomic E-state index is 6.48. The van der Waals surface area contributed by atoms with Crippen LogP contribution in [0.15, 0.2) is 259 Å². The van der Waals surface area contributed by atoms with Crippen molar-refractivity contribution in [1.82, 2.24) is 4.57 Å². The van der Waals surface area contributed by atoms with Crippen molar-refractivity contribution >= 4 is 71.6 Å². The van der Waals surface area contributed by atoms with Gasteiger partial charge in [0.1, 0.15) is 11.2 Å². The highest BCUT2D eigenvalue weighted by atomic mass is 16.3. The zero-order valence-corrected chi connectivity index (χ0v) is 36.6. The third-order valence-corrected chi connectivity index (χ3v) is 13.4. The molecule has 0 aliphatic rings. The second kappa shape index (κ2) is 16.0. The number of anilines is 3. The average Bonchev–Trinajstić information content (AvgIpc) is 3.95. The molecule has 0 saturated heterocycles. The molecule has 0 N–H and O–H groups in total. The van der Waals surface area contributed by atoms with E-state index >= 15 is 0 Å². The lowest BCUT2D eigenvalue weighted by Crippen LogP contribution is -2.10. The number of hydrogen-bond acceptors (Lipinski definition) is 2. The number of fused-ring (bicyclic) bond motifs is 7. The van der Waals surface area contributed by atoms with Crippen LogP contribution in [0.5, 0.6) is 0 Å². The summed E-state index contributed by atoms with van der Waals surface area (Å²) in [4.78, 5) is 2.37. The molecule has 0 spiro atoms. The van der Waals surface area contributed by atoms with Crippen LogP contribution in [-0.4, -0.2) is 4.57 Å². The molecule has 67 heavy (non-hydrogen) atoms. The quantitative estimate of drug-likeness (QED) is 0.152. The molecule has 11 aromatic carbocycles. The molecule has 2 heterocycles. The van der Waals surface area contributed by atoms with Gasteiger partial charge >= 0.3 is 0 Å². The van der Waals surface area contributed by atoms with Crippen LogP contribution in [0.4, 0.5) is 17.1 Å². The van der Waals surface area contributed by atoms with Crippen molar-refractivity contribution in [3.63, 3.8) is 0 Å². The number of aromatic nitrogens is 1. The maximum atomic E-state index is 6.48. The topological polar surface area (TPSA) is 21.3 Å². The first-order valence-electron chi connectivity index (χ1n) is 22.9. The largest absolute Gasteiger partial charge is 0.455 e. The molecule has 0 radical (unpaired) electrons. The maximum Gasteiger partial charge on any atom is 0.143 e. The molecule has 0 bridgehead atoms. The molecule has 0 aliphatic heterocycles. The first kappa shape index (κ1) is 38.5. The fraction of sp³-hybridized carbons (Fsp3) is 0. The second-order valence-corrected chi connectivity index (χ2v) is 17.2. The van der Waals surface area contributed by atoms with Crippen LogP contribution in [-0.2, 0) is 0 Å². The van der Waals surface area contributed by atoms with Crippen LogP contribution in [0, 0.1) is 0 Å². The van der Waals surface area contributed by atoms with Gasteiger partial charge in [-0.3, -0.25) is 0 Å². The predicted molar refractivity (Wildman–Crippen MR) is 282 cm³/mol. The van der Waals surface area contributed by atoms with Gasteiger partial charge in [-0.2, -0.15) is 0 Å². The lowest BCUT2D eigenvalue weighted by atomic mass is 9.93. The van der Waals surface area contributed by atoms with Crippen LogP contribution in [0.25, 0.3) is 105 Å². The highest BCUT2D eigenvalue weighted by Crippen LogP contribution is 2.44. The minimum Gasteiger partial charge on any atom is -0.455 e. The van der Waals surface area contributed by atoms with Gasteiger partial charge in [0.15, 0.2) is 0 Å². The Balaban J connectivity index is 0.941. The standard InChI is InChI=1S/C64H42N2O/c1-2-20-50-43(16-1)17-14-27-51(50)44-34-38-47(39-35-44)65(48-40-36-45(37-41-48)53-28-15-29-59-58-26-8-12-33-63(58)67-64(53)59)49-19-13-18-46(42-49)52-21-3-4-22-54(52)55-23-5-9-30-60(55)66-61-31-10-6-24-56(61)57-25-7-11-32-62(57)66/h1-42H. The molecule has 3 heteroatoms. The van der Waals surface area contributed by atoms with Gasteiger partial charge in [-0.25, -0.2) is 0 Å². The molecule has 0 fully saturated rings. The molecular weight excluding hydrogens is 813 g/mol. The summed E-state index contributed by atoms with van der Waals surface area (Å²) in [5.41, 5.74) is 17.7. The van der Waals surface area contributed by atoms with E-state index < -0.39 is 0 Å². The van der Waals surface area contributed by atoms with Gasteiger partial charge in [-0.05, 0) is 105 Å². The van der Waals surface area contributed by atoms with E-state index in [2.05, 4.69) is 252 Å². The fourth-order valence-corrected chi connectivity index (χ4v) is 10.3. The third-order valence-electron chi connectivity index (χ3n) is 13.4. The van der Waals surface area contributed by atoms with E-state index in [0.29, 0.717) is 0 Å². The molecule has 0 amide bonds. The molecule has 13 aromatic rings. The molecule has 0 saturated carbocycles. The van der Waals surface area contributed by atoms with Crippen LogP contribution in [0.3, 0.4) is 0 Å². The number of benzene rings is 11. The average molecular weight is 855 g/mol. The van der Waals surface area contributed by atoms with Gasteiger partial charge in [0.2, 0.25) is 0 Å². The number of para-hydroxylation sites is 5. The minimum atomic E-state index is 0.899. The third kappa shape index (κ3) is 6.51. The molecule has 314 valence electrons. The van der Waals surface area contributed by atoms with Crippen molar-refractivity contribution in [3.05, 3.63) is 255 Å². The lowest BCUT2D eigenvalue weighted by Gasteiger charge is -2.27. The van der Waals surface area contributed by atoms with Crippen molar-refractivity contribution in [2.45, 2.75) is 0 Å². The van der Waals surface area contributed by atoms with Gasteiger partial charge in [-0.15, -0.1) is 0 Å². The molecule has 0 unspecified atom stereocenters. The summed E-state index contributed by atoms with van der Waals surface area (Å²) >= 11 is 0. The number of nitrogens with zero attached hydrogens (tertiary/aromatic N) is 2. The summed E-state index contributed by atoms with van der Waals surface area (Å²) in [5, 5.41) is 7.23. The van der Waals surface area contributed by atoms with Gasteiger partial charge in [0, 0.05) is 49.7 Å². The SMILES string of the molecule is c1cc(-c2ccccc2-c2ccccc2-n2c3ccccc3c3ccccc32)cc(N(c2ccc(-c3cccc4ccccc34)cc2)c2ccc(-c3cccc4c3oc3ccccc34)cc2)c1. The van der Waals surface area contributed by atoms with Gasteiger partial charge < -0.3 is 13.9 Å².